The van der Waals surface area contributed by atoms with Gasteiger partial charge < -0.3 is 25.3 Å². The third-order valence-electron chi connectivity index (χ3n) is 6.07. The first kappa shape index (κ1) is 23.2. The molecule has 0 bridgehead atoms. The maximum Gasteiger partial charge on any atom is 0.319 e. The fourth-order valence-electron chi connectivity index (χ4n) is 4.27. The number of carbonyl (C=O) groups is 3. The number of nitrogens with one attached hydrogen (secondary N) is 2. The fraction of sp³-hybridized carbons (Fsp3) is 0.500. The van der Waals surface area contributed by atoms with Gasteiger partial charge in [-0.15, -0.1) is 0 Å². The number of hydrogen-bond donors (Lipinski definition) is 2. The summed E-state index contributed by atoms with van der Waals surface area (Å²) < 4.78 is 0. The summed E-state index contributed by atoms with van der Waals surface area (Å²) in [5.74, 6) is -0.198. The number of amides is 4. The minimum Gasteiger partial charge on any atom is -0.361 e. The van der Waals surface area contributed by atoms with Crippen LogP contribution in [0.4, 0.5) is 10.5 Å². The second kappa shape index (κ2) is 9.48. The van der Waals surface area contributed by atoms with Crippen molar-refractivity contribution in [3.63, 3.8) is 0 Å². The van der Waals surface area contributed by atoms with Gasteiger partial charge in [-0.3, -0.25) is 9.59 Å². The first-order chi connectivity index (χ1) is 15.7. The van der Waals surface area contributed by atoms with Gasteiger partial charge in [0.15, 0.2) is 0 Å². The number of hydrazine groups is 1. The van der Waals surface area contributed by atoms with E-state index in [1.54, 1.807) is 34.2 Å². The number of carbonyl (C=O) groups excluding carboxylic acids is 3. The molecule has 0 saturated carbocycles. The van der Waals surface area contributed by atoms with Crippen molar-refractivity contribution in [1.29, 1.82) is 0 Å². The highest BCUT2D eigenvalue weighted by atomic mass is 35.5. The van der Waals surface area contributed by atoms with Gasteiger partial charge in [0.1, 0.15) is 18.4 Å². The van der Waals surface area contributed by atoms with E-state index in [9.17, 15) is 14.4 Å². The van der Waals surface area contributed by atoms with E-state index in [1.165, 1.54) is 0 Å². The molecule has 3 heterocycles. The Morgan fingerprint density at radius 1 is 1.03 bits per heavy atom. The Bertz CT molecular complexity index is 944. The molecule has 3 aliphatic heterocycles. The van der Waals surface area contributed by atoms with Crippen molar-refractivity contribution in [2.45, 2.75) is 19.9 Å². The SMILES string of the molecule is CC(C)[C@@H](NC(=O)Nc1ccc(Cl)cc1)C(=O)N1CCN(N2CN3CN(C)C=C3C2=O)CC1. The molecule has 3 aliphatic rings. The van der Waals surface area contributed by atoms with Crippen LogP contribution in [0.25, 0.3) is 0 Å². The van der Waals surface area contributed by atoms with Crippen LogP contribution in [0.15, 0.2) is 36.2 Å². The summed E-state index contributed by atoms with van der Waals surface area (Å²) in [6.07, 6.45) is 1.87. The number of hydrogen-bond acceptors (Lipinski definition) is 6. The van der Waals surface area contributed by atoms with Gasteiger partial charge in [-0.2, -0.15) is 0 Å². The van der Waals surface area contributed by atoms with Gasteiger partial charge in [-0.1, -0.05) is 25.4 Å². The van der Waals surface area contributed by atoms with Crippen molar-refractivity contribution in [3.8, 4) is 0 Å². The Kier molecular flexibility index (Phi) is 6.66. The number of piperazine rings is 1. The normalized spacial score (nSPS) is 19.7. The fourth-order valence-corrected chi connectivity index (χ4v) is 4.40. The number of nitrogens with zero attached hydrogens (tertiary/aromatic N) is 5. The molecule has 1 aromatic carbocycles. The van der Waals surface area contributed by atoms with Crippen LogP contribution in [0.5, 0.6) is 0 Å². The molecule has 2 N–H and O–H groups in total. The first-order valence-corrected chi connectivity index (χ1v) is 11.5. The monoisotopic (exact) mass is 475 g/mol. The van der Waals surface area contributed by atoms with Crippen molar-refractivity contribution < 1.29 is 14.4 Å². The molecular formula is C22H30ClN7O3. The number of anilines is 1. The van der Waals surface area contributed by atoms with Crippen molar-refractivity contribution in [3.05, 3.63) is 41.2 Å². The number of halogens is 1. The highest BCUT2D eigenvalue weighted by Gasteiger charge is 2.41. The average Bonchev–Trinajstić information content (AvgIpc) is 3.30. The molecule has 11 heteroatoms. The quantitative estimate of drug-likeness (QED) is 0.668. The van der Waals surface area contributed by atoms with E-state index in [2.05, 4.69) is 10.6 Å². The molecule has 4 rings (SSSR count). The van der Waals surface area contributed by atoms with Gasteiger partial charge in [0.2, 0.25) is 5.91 Å². The topological polar surface area (TPSA) is 91.5 Å². The highest BCUT2D eigenvalue weighted by Crippen LogP contribution is 2.26. The largest absolute Gasteiger partial charge is 0.361 e. The third kappa shape index (κ3) is 5.01. The summed E-state index contributed by atoms with van der Waals surface area (Å²) in [4.78, 5) is 44.2. The first-order valence-electron chi connectivity index (χ1n) is 11.1. The van der Waals surface area contributed by atoms with E-state index in [0.29, 0.717) is 55.9 Å². The zero-order chi connectivity index (χ0) is 23.7. The molecule has 0 unspecified atom stereocenters. The number of fused-ring (bicyclic) bond motifs is 1. The van der Waals surface area contributed by atoms with Crippen LogP contribution in [0, 0.1) is 5.92 Å². The van der Waals surface area contributed by atoms with E-state index >= 15 is 0 Å². The lowest BCUT2D eigenvalue weighted by Gasteiger charge is -2.40. The summed E-state index contributed by atoms with van der Waals surface area (Å²) in [5, 5.41) is 9.90. The van der Waals surface area contributed by atoms with Gasteiger partial charge >= 0.3 is 6.03 Å². The minimum atomic E-state index is -0.650. The maximum atomic E-state index is 13.2. The summed E-state index contributed by atoms with van der Waals surface area (Å²) in [7, 11) is 1.95. The van der Waals surface area contributed by atoms with E-state index < -0.39 is 12.1 Å². The lowest BCUT2D eigenvalue weighted by atomic mass is 10.0. The van der Waals surface area contributed by atoms with E-state index in [4.69, 9.17) is 11.6 Å². The molecule has 10 nitrogen and oxygen atoms in total. The minimum absolute atomic E-state index is 0.000259. The lowest BCUT2D eigenvalue weighted by Crippen LogP contribution is -2.59. The predicted octanol–water partition coefficient (Wildman–Crippen LogP) is 1.39. The van der Waals surface area contributed by atoms with Crippen molar-refractivity contribution in [2.24, 2.45) is 5.92 Å². The van der Waals surface area contributed by atoms with Crippen LogP contribution in [0.1, 0.15) is 13.8 Å². The second-order valence-electron chi connectivity index (χ2n) is 8.90. The molecule has 1 atom stereocenters. The van der Waals surface area contributed by atoms with E-state index in [1.807, 2.05) is 41.9 Å². The summed E-state index contributed by atoms with van der Waals surface area (Å²) in [6, 6.07) is 5.68. The molecule has 0 aliphatic carbocycles. The number of urea groups is 1. The number of rotatable bonds is 5. The Morgan fingerprint density at radius 3 is 2.30 bits per heavy atom. The average molecular weight is 476 g/mol. The van der Waals surface area contributed by atoms with Gasteiger partial charge in [-0.25, -0.2) is 14.8 Å². The molecule has 0 aromatic heterocycles. The molecule has 2 saturated heterocycles. The van der Waals surface area contributed by atoms with Crippen LogP contribution in [0.2, 0.25) is 5.02 Å². The van der Waals surface area contributed by atoms with Gasteiger partial charge in [-0.05, 0) is 30.2 Å². The summed E-state index contributed by atoms with van der Waals surface area (Å²) in [6.45, 7) is 7.16. The number of benzene rings is 1. The van der Waals surface area contributed by atoms with Crippen molar-refractivity contribution >= 4 is 35.1 Å². The molecule has 178 valence electrons. The Hall–Kier alpha value is -2.98. The zero-order valence-electron chi connectivity index (χ0n) is 19.1. The molecule has 1 aromatic rings. The smallest absolute Gasteiger partial charge is 0.319 e. The molecule has 33 heavy (non-hydrogen) atoms. The summed E-state index contributed by atoms with van der Waals surface area (Å²) >= 11 is 5.88. The molecule has 0 spiro atoms. The molecular weight excluding hydrogens is 446 g/mol. The summed E-state index contributed by atoms with van der Waals surface area (Å²) in [5.41, 5.74) is 1.31. The van der Waals surface area contributed by atoms with E-state index in [0.717, 1.165) is 0 Å². The van der Waals surface area contributed by atoms with Crippen molar-refractivity contribution in [1.82, 2.24) is 30.0 Å². The van der Waals surface area contributed by atoms with Gasteiger partial charge in [0.25, 0.3) is 5.91 Å². The van der Waals surface area contributed by atoms with Gasteiger partial charge in [0.05, 0.1) is 6.67 Å². The molecule has 4 amide bonds. The van der Waals surface area contributed by atoms with Crippen LogP contribution in [0.3, 0.4) is 0 Å². The zero-order valence-corrected chi connectivity index (χ0v) is 19.9. The lowest BCUT2D eigenvalue weighted by molar-refractivity contribution is -0.149. The van der Waals surface area contributed by atoms with E-state index in [-0.39, 0.29) is 17.7 Å². The van der Waals surface area contributed by atoms with Gasteiger partial charge in [0, 0.05) is 50.1 Å². The van der Waals surface area contributed by atoms with Crippen molar-refractivity contribution in [2.75, 3.05) is 51.9 Å². The maximum absolute atomic E-state index is 13.2. The van der Waals surface area contributed by atoms with Crippen LogP contribution >= 0.6 is 11.6 Å². The Morgan fingerprint density at radius 2 is 1.70 bits per heavy atom. The van der Waals surface area contributed by atoms with Crippen LogP contribution in [-0.2, 0) is 9.59 Å². The second-order valence-corrected chi connectivity index (χ2v) is 9.34. The predicted molar refractivity (Wildman–Crippen MR) is 125 cm³/mol. The Labute approximate surface area is 198 Å². The van der Waals surface area contributed by atoms with Crippen LogP contribution < -0.4 is 10.6 Å². The Balaban J connectivity index is 1.31. The molecule has 2 fully saturated rings. The molecule has 0 radical (unpaired) electrons. The van der Waals surface area contributed by atoms with Crippen LogP contribution in [-0.4, -0.2) is 95.2 Å². The standard InChI is InChI=1S/C22H30ClN7O3/c1-15(2)19(25-22(33)24-17-6-4-16(23)5-7-17)21(32)27-8-10-29(11-9-27)30-14-28-13-26(3)12-18(28)20(30)31/h4-7,12,15,19H,8-11,13-14H2,1-3H3,(H2,24,25,33)/t19-/m1/s1. The third-order valence-corrected chi connectivity index (χ3v) is 6.32. The highest BCUT2D eigenvalue weighted by molar-refractivity contribution is 6.30.